The van der Waals surface area contributed by atoms with E-state index >= 15 is 0 Å². The van der Waals surface area contributed by atoms with Crippen molar-refractivity contribution in [1.82, 2.24) is 16.2 Å². The van der Waals surface area contributed by atoms with Gasteiger partial charge in [0.2, 0.25) is 5.91 Å². The monoisotopic (exact) mass is 427 g/mol. The number of hydrogen-bond acceptors (Lipinski definition) is 5. The number of hydrogen-bond donors (Lipinski definition) is 3. The molecule has 3 amide bonds. The van der Waals surface area contributed by atoms with E-state index in [1.54, 1.807) is 20.8 Å². The van der Waals surface area contributed by atoms with Crippen LogP contribution < -0.4 is 20.9 Å². The molecule has 2 bridgehead atoms. The third-order valence-corrected chi connectivity index (χ3v) is 5.16. The predicted molar refractivity (Wildman–Crippen MR) is 102 cm³/mol. The molecule has 0 radical (unpaired) electrons. The molecule has 0 aliphatic heterocycles. The lowest BCUT2D eigenvalue weighted by atomic mass is 9.39. The second kappa shape index (κ2) is 7.37. The van der Waals surface area contributed by atoms with Crippen LogP contribution in [0, 0.1) is 11.2 Å². The lowest BCUT2D eigenvalue weighted by Crippen LogP contribution is -2.79. The van der Waals surface area contributed by atoms with Crippen molar-refractivity contribution in [3.8, 4) is 5.75 Å². The highest BCUT2D eigenvalue weighted by atomic mass is 35.5. The highest BCUT2D eigenvalue weighted by Crippen LogP contribution is 2.67. The topological polar surface area (TPSA) is 106 Å². The zero-order chi connectivity index (χ0) is 21.4. The van der Waals surface area contributed by atoms with E-state index in [2.05, 4.69) is 16.2 Å². The molecule has 3 aliphatic rings. The summed E-state index contributed by atoms with van der Waals surface area (Å²) in [5.74, 6) is -1.43. The van der Waals surface area contributed by atoms with E-state index in [0.717, 1.165) is 6.07 Å². The summed E-state index contributed by atoms with van der Waals surface area (Å²) >= 11 is 5.57. The third kappa shape index (κ3) is 4.72. The van der Waals surface area contributed by atoms with E-state index in [0.29, 0.717) is 19.3 Å². The van der Waals surface area contributed by atoms with Crippen molar-refractivity contribution in [3.05, 3.63) is 29.0 Å². The molecule has 4 rings (SSSR count). The van der Waals surface area contributed by atoms with E-state index < -0.39 is 41.0 Å². The lowest BCUT2D eigenvalue weighted by Gasteiger charge is -2.68. The molecule has 3 aliphatic carbocycles. The average molecular weight is 428 g/mol. The van der Waals surface area contributed by atoms with E-state index in [1.807, 2.05) is 0 Å². The fraction of sp³-hybridized carbons (Fsp3) is 0.526. The summed E-state index contributed by atoms with van der Waals surface area (Å²) in [6.07, 6.45) is 0.958. The van der Waals surface area contributed by atoms with Gasteiger partial charge in [0, 0.05) is 11.6 Å². The van der Waals surface area contributed by atoms with Gasteiger partial charge in [0.25, 0.3) is 5.91 Å². The van der Waals surface area contributed by atoms with Gasteiger partial charge in [-0.15, -0.1) is 0 Å². The summed E-state index contributed by atoms with van der Waals surface area (Å²) in [7, 11) is 0. The molecule has 29 heavy (non-hydrogen) atoms. The molecule has 1 aromatic rings. The number of ether oxygens (including phenoxy) is 2. The van der Waals surface area contributed by atoms with Gasteiger partial charge >= 0.3 is 6.09 Å². The minimum Gasteiger partial charge on any atom is -0.484 e. The Bertz CT molecular complexity index is 835. The number of amides is 3. The molecule has 8 nitrogen and oxygen atoms in total. The maximum absolute atomic E-state index is 13.3. The number of carbonyl (C=O) groups is 3. The predicted octanol–water partition coefficient (Wildman–Crippen LogP) is 2.45. The van der Waals surface area contributed by atoms with Crippen molar-refractivity contribution < 1.29 is 28.2 Å². The number of alkyl carbamates (subject to hydrolysis) is 1. The zero-order valence-electron chi connectivity index (χ0n) is 16.4. The standard InChI is InChI=1S/C19H23ClFN3O5/c1-17(2,3)29-16(27)22-19-8-18(9-19,10-19)15(26)24-23-14(25)7-28-11-4-5-12(20)13(21)6-11/h4-6H,7-10H2,1-3H3,(H,22,27)(H,23,25)(H,24,26). The lowest BCUT2D eigenvalue weighted by molar-refractivity contribution is -0.181. The summed E-state index contributed by atoms with van der Waals surface area (Å²) in [6.45, 7) is 4.93. The summed E-state index contributed by atoms with van der Waals surface area (Å²) < 4.78 is 23.7. The maximum Gasteiger partial charge on any atom is 0.408 e. The molecule has 0 unspecified atom stereocenters. The zero-order valence-corrected chi connectivity index (χ0v) is 17.1. The van der Waals surface area contributed by atoms with Crippen molar-refractivity contribution in [2.45, 2.75) is 51.2 Å². The third-order valence-electron chi connectivity index (χ3n) is 4.85. The molecule has 0 atom stereocenters. The number of nitrogens with one attached hydrogen (secondary N) is 3. The van der Waals surface area contributed by atoms with E-state index in [4.69, 9.17) is 21.1 Å². The van der Waals surface area contributed by atoms with Crippen molar-refractivity contribution in [2.75, 3.05) is 6.61 Å². The Balaban J connectivity index is 1.37. The van der Waals surface area contributed by atoms with Gasteiger partial charge in [0.05, 0.1) is 10.4 Å². The largest absolute Gasteiger partial charge is 0.484 e. The molecule has 0 saturated heterocycles. The number of rotatable bonds is 5. The normalized spacial score (nSPS) is 24.4. The molecule has 0 heterocycles. The van der Waals surface area contributed by atoms with Gasteiger partial charge in [-0.1, -0.05) is 11.6 Å². The van der Waals surface area contributed by atoms with Gasteiger partial charge in [0.1, 0.15) is 17.2 Å². The molecule has 10 heteroatoms. The van der Waals surface area contributed by atoms with Crippen LogP contribution in [0.5, 0.6) is 5.75 Å². The summed E-state index contributed by atoms with van der Waals surface area (Å²) in [6, 6.07) is 3.80. The van der Waals surface area contributed by atoms with Crippen LogP contribution in [0.4, 0.5) is 9.18 Å². The number of hydrazine groups is 1. The molecule has 3 N–H and O–H groups in total. The highest BCUT2D eigenvalue weighted by molar-refractivity contribution is 6.30. The van der Waals surface area contributed by atoms with Crippen LogP contribution in [-0.4, -0.2) is 35.7 Å². The first-order valence-electron chi connectivity index (χ1n) is 9.10. The molecule has 158 valence electrons. The van der Waals surface area contributed by atoms with Gasteiger partial charge in [-0.3, -0.25) is 20.4 Å². The van der Waals surface area contributed by atoms with Gasteiger partial charge in [0.15, 0.2) is 6.61 Å². The Morgan fingerprint density at radius 3 is 2.41 bits per heavy atom. The van der Waals surface area contributed by atoms with Gasteiger partial charge in [-0.2, -0.15) is 0 Å². The minimum absolute atomic E-state index is 0.0495. The summed E-state index contributed by atoms with van der Waals surface area (Å²) in [4.78, 5) is 36.0. The molecule has 3 saturated carbocycles. The van der Waals surface area contributed by atoms with Crippen molar-refractivity contribution in [3.63, 3.8) is 0 Å². The first-order valence-corrected chi connectivity index (χ1v) is 9.48. The Morgan fingerprint density at radius 1 is 1.17 bits per heavy atom. The van der Waals surface area contributed by atoms with E-state index in [9.17, 15) is 18.8 Å². The van der Waals surface area contributed by atoms with Crippen molar-refractivity contribution in [1.29, 1.82) is 0 Å². The summed E-state index contributed by atoms with van der Waals surface area (Å²) in [5, 5.41) is 2.77. The van der Waals surface area contributed by atoms with Crippen LogP contribution in [0.2, 0.25) is 5.02 Å². The molecule has 0 spiro atoms. The minimum atomic E-state index is -0.657. The van der Waals surface area contributed by atoms with Crippen LogP contribution in [0.15, 0.2) is 18.2 Å². The Morgan fingerprint density at radius 2 is 1.83 bits per heavy atom. The van der Waals surface area contributed by atoms with Gasteiger partial charge in [-0.05, 0) is 52.2 Å². The first kappa shape index (κ1) is 21.2. The molecular formula is C19H23ClFN3O5. The van der Waals surface area contributed by atoms with Gasteiger partial charge in [-0.25, -0.2) is 9.18 Å². The Labute approximate surface area is 172 Å². The summed E-state index contributed by atoms with van der Waals surface area (Å²) in [5.41, 5.74) is 3.04. The Kier molecular flexibility index (Phi) is 5.38. The van der Waals surface area contributed by atoms with Crippen LogP contribution in [0.3, 0.4) is 0 Å². The van der Waals surface area contributed by atoms with E-state index in [-0.39, 0.29) is 16.7 Å². The second-order valence-electron chi connectivity index (χ2n) is 8.58. The molecule has 0 aromatic heterocycles. The smallest absolute Gasteiger partial charge is 0.408 e. The van der Waals surface area contributed by atoms with Crippen LogP contribution >= 0.6 is 11.6 Å². The number of halogens is 2. The highest BCUT2D eigenvalue weighted by Gasteiger charge is 2.72. The molecule has 3 fully saturated rings. The maximum atomic E-state index is 13.3. The van der Waals surface area contributed by atoms with E-state index in [1.165, 1.54) is 12.1 Å². The number of benzene rings is 1. The molecule has 1 aromatic carbocycles. The van der Waals surface area contributed by atoms with Crippen molar-refractivity contribution >= 4 is 29.5 Å². The number of carbonyl (C=O) groups excluding carboxylic acids is 3. The fourth-order valence-corrected chi connectivity index (χ4v) is 3.81. The molecular weight excluding hydrogens is 405 g/mol. The first-order chi connectivity index (χ1) is 13.4. The average Bonchev–Trinajstić information content (AvgIpc) is 2.54. The van der Waals surface area contributed by atoms with Crippen LogP contribution in [0.25, 0.3) is 0 Å². The quantitative estimate of drug-likeness (QED) is 0.626. The SMILES string of the molecule is CC(C)(C)OC(=O)NC12CC(C(=O)NNC(=O)COc3ccc(Cl)c(F)c3)(C1)C2. The fourth-order valence-electron chi connectivity index (χ4n) is 3.69. The second-order valence-corrected chi connectivity index (χ2v) is 8.99. The van der Waals surface area contributed by atoms with Gasteiger partial charge < -0.3 is 14.8 Å². The van der Waals surface area contributed by atoms with Crippen LogP contribution in [0.1, 0.15) is 40.0 Å². The Hall–Kier alpha value is -2.55. The van der Waals surface area contributed by atoms with Crippen LogP contribution in [-0.2, 0) is 14.3 Å². The van der Waals surface area contributed by atoms with Crippen molar-refractivity contribution in [2.24, 2.45) is 5.41 Å².